The van der Waals surface area contributed by atoms with E-state index in [-0.39, 0.29) is 0 Å². The zero-order valence-corrected chi connectivity index (χ0v) is 14.3. The van der Waals surface area contributed by atoms with E-state index < -0.39 is 0 Å². The van der Waals surface area contributed by atoms with Gasteiger partial charge in [-0.25, -0.2) is 0 Å². The monoisotopic (exact) mass is 356 g/mol. The highest BCUT2D eigenvalue weighted by Crippen LogP contribution is 2.32. The van der Waals surface area contributed by atoms with E-state index in [1.807, 2.05) is 6.07 Å². The normalized spacial score (nSPS) is 27.4. The average molecular weight is 358 g/mol. The van der Waals surface area contributed by atoms with Crippen LogP contribution in [0, 0.1) is 0 Å². The molecule has 20 heavy (non-hydrogen) atoms. The first kappa shape index (κ1) is 14.7. The van der Waals surface area contributed by atoms with E-state index in [1.54, 1.807) is 0 Å². The van der Waals surface area contributed by atoms with E-state index in [1.165, 1.54) is 43.6 Å². The molecule has 0 spiro atoms. The summed E-state index contributed by atoms with van der Waals surface area (Å²) in [6.45, 7) is 5.98. The van der Waals surface area contributed by atoms with Crippen LogP contribution in [0.5, 0.6) is 0 Å². The Hall–Kier alpha value is -0.250. The summed E-state index contributed by atoms with van der Waals surface area (Å²) in [6.07, 6.45) is 4.10. The quantitative estimate of drug-likeness (QED) is 0.728. The van der Waals surface area contributed by atoms with Crippen LogP contribution in [0.15, 0.2) is 18.2 Å². The number of rotatable bonds is 2. The number of nitrogens with zero attached hydrogens (tertiary/aromatic N) is 2. The van der Waals surface area contributed by atoms with Crippen molar-refractivity contribution in [3.05, 3.63) is 28.8 Å². The molecule has 1 aromatic carbocycles. The average Bonchev–Trinajstić information content (AvgIpc) is 2.46. The third-order valence-corrected chi connectivity index (χ3v) is 5.52. The second-order valence-electron chi connectivity index (χ2n) is 6.05. The van der Waals surface area contributed by atoms with Crippen molar-refractivity contribution < 1.29 is 0 Å². The highest BCUT2D eigenvalue weighted by molar-refractivity contribution is 9.08. The summed E-state index contributed by atoms with van der Waals surface area (Å²) < 4.78 is 0. The first-order valence-corrected chi connectivity index (χ1v) is 9.04. The lowest BCUT2D eigenvalue weighted by atomic mass is 9.96. The van der Waals surface area contributed by atoms with Crippen LogP contribution in [0.1, 0.15) is 31.7 Å². The lowest BCUT2D eigenvalue weighted by Gasteiger charge is -2.49. The molecular formula is C16H22BrClN2. The standard InChI is InChI=1S/C16H22BrClN2/c1-12-10-19-7-3-2-4-15(19)11-20(12)16-6-5-14(18)8-13(16)9-17/h5-6,8,12,15H,2-4,7,9-11H2,1H3. The van der Waals surface area contributed by atoms with Crippen LogP contribution in [-0.4, -0.2) is 36.6 Å². The SMILES string of the molecule is CC1CN2CCCCC2CN1c1ccc(Cl)cc1CBr. The van der Waals surface area contributed by atoms with E-state index in [9.17, 15) is 0 Å². The minimum absolute atomic E-state index is 0.573. The van der Waals surface area contributed by atoms with Gasteiger partial charge in [-0.1, -0.05) is 34.0 Å². The molecule has 2 fully saturated rings. The first-order chi connectivity index (χ1) is 9.69. The number of hydrogen-bond donors (Lipinski definition) is 0. The third kappa shape index (κ3) is 2.86. The highest BCUT2D eigenvalue weighted by Gasteiger charge is 2.33. The molecule has 110 valence electrons. The van der Waals surface area contributed by atoms with E-state index in [4.69, 9.17) is 11.6 Å². The van der Waals surface area contributed by atoms with E-state index in [2.05, 4.69) is 44.8 Å². The molecule has 1 aromatic rings. The van der Waals surface area contributed by atoms with Gasteiger partial charge in [0.2, 0.25) is 0 Å². The Morgan fingerprint density at radius 3 is 2.95 bits per heavy atom. The predicted octanol–water partition coefficient (Wildman–Crippen LogP) is 4.30. The zero-order chi connectivity index (χ0) is 14.1. The molecule has 0 radical (unpaired) electrons. The number of alkyl halides is 1. The van der Waals surface area contributed by atoms with Gasteiger partial charge in [-0.05, 0) is 50.1 Å². The fraction of sp³-hybridized carbons (Fsp3) is 0.625. The Labute approximate surface area is 135 Å². The number of halogens is 2. The van der Waals surface area contributed by atoms with Crippen molar-refractivity contribution in [2.24, 2.45) is 0 Å². The number of anilines is 1. The van der Waals surface area contributed by atoms with Crippen LogP contribution in [0.2, 0.25) is 5.02 Å². The predicted molar refractivity (Wildman–Crippen MR) is 90.1 cm³/mol. The second kappa shape index (κ2) is 6.25. The van der Waals surface area contributed by atoms with Crippen molar-refractivity contribution in [1.82, 2.24) is 4.90 Å². The van der Waals surface area contributed by atoms with Crippen molar-refractivity contribution in [1.29, 1.82) is 0 Å². The summed E-state index contributed by atoms with van der Waals surface area (Å²) in [5, 5.41) is 1.69. The molecule has 2 heterocycles. The number of hydrogen-bond acceptors (Lipinski definition) is 2. The van der Waals surface area contributed by atoms with Gasteiger partial charge in [-0.15, -0.1) is 0 Å². The van der Waals surface area contributed by atoms with E-state index >= 15 is 0 Å². The van der Waals surface area contributed by atoms with Crippen LogP contribution in [-0.2, 0) is 5.33 Å². The Morgan fingerprint density at radius 2 is 2.15 bits per heavy atom. The largest absolute Gasteiger partial charge is 0.366 e. The number of fused-ring (bicyclic) bond motifs is 1. The van der Waals surface area contributed by atoms with Gasteiger partial charge in [0.05, 0.1) is 0 Å². The summed E-state index contributed by atoms with van der Waals surface area (Å²) in [5.74, 6) is 0. The molecule has 2 saturated heterocycles. The molecule has 2 aliphatic heterocycles. The van der Waals surface area contributed by atoms with Gasteiger partial charge < -0.3 is 4.90 Å². The van der Waals surface area contributed by atoms with Gasteiger partial charge in [-0.2, -0.15) is 0 Å². The van der Waals surface area contributed by atoms with Crippen LogP contribution < -0.4 is 4.90 Å². The maximum absolute atomic E-state index is 6.13. The number of piperazine rings is 1. The fourth-order valence-corrected chi connectivity index (χ4v) is 4.27. The Kier molecular flexibility index (Phi) is 4.58. The fourth-order valence-electron chi connectivity index (χ4n) is 3.63. The smallest absolute Gasteiger partial charge is 0.0411 e. The van der Waals surface area contributed by atoms with E-state index in [0.717, 1.165) is 22.9 Å². The van der Waals surface area contributed by atoms with Gasteiger partial charge in [-0.3, -0.25) is 4.90 Å². The van der Waals surface area contributed by atoms with Crippen LogP contribution in [0.4, 0.5) is 5.69 Å². The summed E-state index contributed by atoms with van der Waals surface area (Å²) >= 11 is 9.74. The summed E-state index contributed by atoms with van der Waals surface area (Å²) in [7, 11) is 0. The van der Waals surface area contributed by atoms with Crippen LogP contribution in [0.3, 0.4) is 0 Å². The molecule has 0 amide bonds. The molecule has 2 unspecified atom stereocenters. The molecule has 2 atom stereocenters. The van der Waals surface area contributed by atoms with Gasteiger partial charge in [0.25, 0.3) is 0 Å². The van der Waals surface area contributed by atoms with Crippen molar-refractivity contribution in [3.8, 4) is 0 Å². The molecule has 0 N–H and O–H groups in total. The van der Waals surface area contributed by atoms with Gasteiger partial charge in [0, 0.05) is 41.2 Å². The van der Waals surface area contributed by atoms with Crippen molar-refractivity contribution in [2.45, 2.75) is 43.6 Å². The molecule has 4 heteroatoms. The molecular weight excluding hydrogens is 336 g/mol. The molecule has 0 aromatic heterocycles. The van der Waals surface area contributed by atoms with Gasteiger partial charge in [0.15, 0.2) is 0 Å². The molecule has 0 aliphatic carbocycles. The lowest BCUT2D eigenvalue weighted by Crippen LogP contribution is -2.59. The number of benzene rings is 1. The number of piperidine rings is 1. The molecule has 0 saturated carbocycles. The second-order valence-corrected chi connectivity index (χ2v) is 7.05. The van der Waals surface area contributed by atoms with Gasteiger partial charge in [0.1, 0.15) is 0 Å². The minimum atomic E-state index is 0.573. The molecule has 2 aliphatic rings. The van der Waals surface area contributed by atoms with Crippen molar-refractivity contribution >= 4 is 33.2 Å². The minimum Gasteiger partial charge on any atom is -0.366 e. The zero-order valence-electron chi connectivity index (χ0n) is 12.0. The third-order valence-electron chi connectivity index (χ3n) is 4.68. The summed E-state index contributed by atoms with van der Waals surface area (Å²) in [4.78, 5) is 5.27. The van der Waals surface area contributed by atoms with Crippen molar-refractivity contribution in [3.63, 3.8) is 0 Å². The Morgan fingerprint density at radius 1 is 1.30 bits per heavy atom. The maximum Gasteiger partial charge on any atom is 0.0411 e. The Bertz CT molecular complexity index is 480. The van der Waals surface area contributed by atoms with Crippen molar-refractivity contribution in [2.75, 3.05) is 24.5 Å². The topological polar surface area (TPSA) is 6.48 Å². The first-order valence-electron chi connectivity index (χ1n) is 7.54. The summed E-state index contributed by atoms with van der Waals surface area (Å²) in [5.41, 5.74) is 2.65. The van der Waals surface area contributed by atoms with Gasteiger partial charge >= 0.3 is 0 Å². The lowest BCUT2D eigenvalue weighted by molar-refractivity contribution is 0.115. The van der Waals surface area contributed by atoms with Crippen LogP contribution in [0.25, 0.3) is 0 Å². The molecule has 0 bridgehead atoms. The summed E-state index contributed by atoms with van der Waals surface area (Å²) in [6, 6.07) is 7.60. The van der Waals surface area contributed by atoms with E-state index in [0.29, 0.717) is 6.04 Å². The molecule has 2 nitrogen and oxygen atoms in total. The van der Waals surface area contributed by atoms with Crippen LogP contribution >= 0.6 is 27.5 Å². The maximum atomic E-state index is 6.13. The highest BCUT2D eigenvalue weighted by atomic mass is 79.9. The Balaban J connectivity index is 1.85. The molecule has 3 rings (SSSR count).